The van der Waals surface area contributed by atoms with Crippen LogP contribution in [0.15, 0.2) is 6.20 Å². The molecule has 5 atom stereocenters. The van der Waals surface area contributed by atoms with Crippen molar-refractivity contribution >= 4 is 11.9 Å². The highest BCUT2D eigenvalue weighted by molar-refractivity contribution is 5.96. The third-order valence-corrected chi connectivity index (χ3v) is 7.06. The van der Waals surface area contributed by atoms with Crippen molar-refractivity contribution in [2.75, 3.05) is 6.61 Å². The van der Waals surface area contributed by atoms with Crippen LogP contribution in [0.2, 0.25) is 0 Å². The molecule has 1 heterocycles. The van der Waals surface area contributed by atoms with Gasteiger partial charge >= 0.3 is 5.97 Å². The Kier molecular flexibility index (Phi) is 7.53. The predicted octanol–water partition coefficient (Wildman–Crippen LogP) is 3.33. The van der Waals surface area contributed by atoms with Crippen LogP contribution in [-0.4, -0.2) is 50.6 Å². The normalized spacial score (nSPS) is 27.9. The van der Waals surface area contributed by atoms with Gasteiger partial charge in [0.1, 0.15) is 5.56 Å². The Morgan fingerprint density at radius 3 is 2.66 bits per heavy atom. The molecule has 0 aliphatic heterocycles. The van der Waals surface area contributed by atoms with Crippen LogP contribution in [0.1, 0.15) is 77.1 Å². The van der Waals surface area contributed by atoms with Crippen LogP contribution in [0.25, 0.3) is 0 Å². The molecule has 3 rings (SSSR count). The molecule has 0 aromatic carbocycles. The molecule has 0 saturated heterocycles. The smallest absolute Gasteiger partial charge is 0.309 e. The summed E-state index contributed by atoms with van der Waals surface area (Å²) in [7, 11) is 0. The number of aromatic nitrogens is 2. The van der Waals surface area contributed by atoms with E-state index >= 15 is 0 Å². The minimum Gasteiger partial charge on any atom is -0.481 e. The maximum Gasteiger partial charge on any atom is 0.309 e. The summed E-state index contributed by atoms with van der Waals surface area (Å²) in [6, 6.07) is 0.0148. The van der Waals surface area contributed by atoms with Crippen LogP contribution in [0.5, 0.6) is 5.88 Å². The number of nitrogens with one attached hydrogen (secondary N) is 1. The fraction of sp³-hybridized carbons (Fsp3) is 0.792. The van der Waals surface area contributed by atoms with Crippen molar-refractivity contribution in [3.05, 3.63) is 11.8 Å². The molecule has 1 aromatic heterocycles. The quantitative estimate of drug-likeness (QED) is 0.533. The molecule has 32 heavy (non-hydrogen) atoms. The Balaban J connectivity index is 1.77. The molecule has 1 amide bonds. The molecule has 1 aromatic rings. The third kappa shape index (κ3) is 5.63. The standard InChI is InChI=1S/C24H39N3O5/c1-14(2)13-32-22-19(12-25-27(22)7-6-24(4,5)23(30)31)21(29)26-20-15(3)8-16-9-17(20)11-18(28)10-16/h12,14-18,20,28H,6-11,13H2,1-5H3,(H,26,29)(H,30,31)/t15?,16?,17?,18-,20+/m0/s1. The molecule has 0 spiro atoms. The first-order valence-corrected chi connectivity index (χ1v) is 11.9. The van der Waals surface area contributed by atoms with Gasteiger partial charge in [-0.05, 0) is 69.6 Å². The Morgan fingerprint density at radius 2 is 2.00 bits per heavy atom. The average Bonchev–Trinajstić information content (AvgIpc) is 3.10. The van der Waals surface area contributed by atoms with Gasteiger partial charge in [0.05, 0.1) is 24.3 Å². The van der Waals surface area contributed by atoms with E-state index in [-0.39, 0.29) is 29.9 Å². The molecule has 2 aliphatic carbocycles. The summed E-state index contributed by atoms with van der Waals surface area (Å²) < 4.78 is 7.59. The van der Waals surface area contributed by atoms with Gasteiger partial charge in [0.25, 0.3) is 5.91 Å². The molecule has 180 valence electrons. The number of carboxylic acid groups (broad SMARTS) is 1. The van der Waals surface area contributed by atoms with Gasteiger partial charge < -0.3 is 20.3 Å². The highest BCUT2D eigenvalue weighted by Gasteiger charge is 2.41. The van der Waals surface area contributed by atoms with E-state index in [1.54, 1.807) is 18.5 Å². The summed E-state index contributed by atoms with van der Waals surface area (Å²) in [4.78, 5) is 24.8. The van der Waals surface area contributed by atoms with Crippen LogP contribution < -0.4 is 10.1 Å². The summed E-state index contributed by atoms with van der Waals surface area (Å²) in [5, 5.41) is 27.2. The molecule has 2 bridgehead atoms. The van der Waals surface area contributed by atoms with Crippen LogP contribution in [0.4, 0.5) is 0 Å². The molecular formula is C24H39N3O5. The second kappa shape index (κ2) is 9.81. The number of nitrogens with zero attached hydrogens (tertiary/aromatic N) is 2. The van der Waals surface area contributed by atoms with Gasteiger partial charge in [-0.25, -0.2) is 4.68 Å². The minimum absolute atomic E-state index is 0.0148. The third-order valence-electron chi connectivity index (χ3n) is 7.06. The first-order valence-electron chi connectivity index (χ1n) is 11.9. The number of hydrogen-bond donors (Lipinski definition) is 3. The van der Waals surface area contributed by atoms with Gasteiger partial charge in [0.15, 0.2) is 0 Å². The van der Waals surface area contributed by atoms with E-state index in [4.69, 9.17) is 4.74 Å². The largest absolute Gasteiger partial charge is 0.481 e. The number of fused-ring (bicyclic) bond motifs is 2. The van der Waals surface area contributed by atoms with Gasteiger partial charge in [0.2, 0.25) is 5.88 Å². The zero-order valence-corrected chi connectivity index (χ0v) is 20.0. The molecule has 3 N–H and O–H groups in total. The van der Waals surface area contributed by atoms with Crippen molar-refractivity contribution in [1.29, 1.82) is 0 Å². The van der Waals surface area contributed by atoms with Gasteiger partial charge in [-0.2, -0.15) is 5.10 Å². The van der Waals surface area contributed by atoms with Crippen molar-refractivity contribution in [3.8, 4) is 5.88 Å². The Bertz CT molecular complexity index is 815. The average molecular weight is 450 g/mol. The Hall–Kier alpha value is -2.09. The number of hydrogen-bond acceptors (Lipinski definition) is 5. The minimum atomic E-state index is -0.903. The first kappa shape index (κ1) is 24.6. The number of carbonyl (C=O) groups is 2. The number of aliphatic hydroxyl groups excluding tert-OH is 1. The number of aliphatic hydroxyl groups is 1. The lowest BCUT2D eigenvalue weighted by Crippen LogP contribution is -2.51. The first-order chi connectivity index (χ1) is 15.0. The SMILES string of the molecule is CC(C)COc1c(C(=O)N[C@@H]2C(C)CC3CC2C[C@@H](O)C3)cnn1CCC(C)(C)C(=O)O. The van der Waals surface area contributed by atoms with E-state index in [0.29, 0.717) is 42.9 Å². The molecule has 8 nitrogen and oxygen atoms in total. The molecular weight excluding hydrogens is 410 g/mol. The Labute approximate surface area is 190 Å². The van der Waals surface area contributed by atoms with Crippen LogP contribution in [0.3, 0.4) is 0 Å². The van der Waals surface area contributed by atoms with Crippen LogP contribution in [-0.2, 0) is 11.3 Å². The second-order valence-electron chi connectivity index (χ2n) is 10.9. The van der Waals surface area contributed by atoms with Crippen molar-refractivity contribution in [2.24, 2.45) is 29.1 Å². The van der Waals surface area contributed by atoms with Crippen LogP contribution >= 0.6 is 0 Å². The summed E-state index contributed by atoms with van der Waals surface area (Å²) in [6.45, 7) is 10.4. The van der Waals surface area contributed by atoms with E-state index < -0.39 is 11.4 Å². The van der Waals surface area contributed by atoms with E-state index in [2.05, 4.69) is 17.3 Å². The highest BCUT2D eigenvalue weighted by Crippen LogP contribution is 2.43. The summed E-state index contributed by atoms with van der Waals surface area (Å²) in [5.74, 6) is 0.738. The number of carboxylic acids is 1. The van der Waals surface area contributed by atoms with Crippen molar-refractivity contribution in [2.45, 2.75) is 85.4 Å². The number of ether oxygens (including phenoxy) is 1. The van der Waals surface area contributed by atoms with E-state index in [1.165, 1.54) is 6.20 Å². The van der Waals surface area contributed by atoms with E-state index in [1.807, 2.05) is 13.8 Å². The zero-order chi connectivity index (χ0) is 23.6. The highest BCUT2D eigenvalue weighted by atomic mass is 16.5. The summed E-state index contributed by atoms with van der Waals surface area (Å²) >= 11 is 0. The number of amides is 1. The van der Waals surface area contributed by atoms with Gasteiger partial charge in [0, 0.05) is 12.6 Å². The zero-order valence-electron chi connectivity index (χ0n) is 20.0. The maximum absolute atomic E-state index is 13.3. The summed E-state index contributed by atoms with van der Waals surface area (Å²) in [6.07, 6.45) is 5.26. The molecule has 3 unspecified atom stereocenters. The molecule has 2 aliphatic rings. The molecule has 8 heteroatoms. The van der Waals surface area contributed by atoms with Gasteiger partial charge in [-0.15, -0.1) is 0 Å². The number of aryl methyl sites for hydroxylation is 1. The monoisotopic (exact) mass is 449 g/mol. The fourth-order valence-electron chi connectivity index (χ4n) is 5.14. The maximum atomic E-state index is 13.3. The fourth-order valence-corrected chi connectivity index (χ4v) is 5.14. The molecule has 2 saturated carbocycles. The van der Waals surface area contributed by atoms with Crippen molar-refractivity contribution < 1.29 is 24.5 Å². The lowest BCUT2D eigenvalue weighted by atomic mass is 9.65. The Morgan fingerprint density at radius 1 is 1.28 bits per heavy atom. The second-order valence-corrected chi connectivity index (χ2v) is 10.9. The molecule has 2 fully saturated rings. The van der Waals surface area contributed by atoms with Crippen molar-refractivity contribution in [1.82, 2.24) is 15.1 Å². The number of rotatable bonds is 9. The van der Waals surface area contributed by atoms with E-state index in [0.717, 1.165) is 25.7 Å². The van der Waals surface area contributed by atoms with Gasteiger partial charge in [-0.1, -0.05) is 20.8 Å². The topological polar surface area (TPSA) is 114 Å². The number of aliphatic carboxylic acids is 1. The van der Waals surface area contributed by atoms with E-state index in [9.17, 15) is 19.8 Å². The number of carbonyl (C=O) groups excluding carboxylic acids is 1. The van der Waals surface area contributed by atoms with Gasteiger partial charge in [-0.3, -0.25) is 9.59 Å². The molecule has 0 radical (unpaired) electrons. The summed E-state index contributed by atoms with van der Waals surface area (Å²) in [5.41, 5.74) is -0.524. The van der Waals surface area contributed by atoms with Crippen LogP contribution in [0, 0.1) is 29.1 Å². The van der Waals surface area contributed by atoms with Crippen molar-refractivity contribution in [3.63, 3.8) is 0 Å². The predicted molar refractivity (Wildman–Crippen MR) is 120 cm³/mol. The lowest BCUT2D eigenvalue weighted by molar-refractivity contribution is -0.147. The lowest BCUT2D eigenvalue weighted by Gasteiger charge is -2.45.